The average Bonchev–Trinajstić information content (AvgIpc) is 2.26. The second kappa shape index (κ2) is 4.38. The molecule has 0 aliphatic carbocycles. The molecule has 4 nitrogen and oxygen atoms in total. The maximum absolute atomic E-state index is 12.2. The second-order valence-corrected chi connectivity index (χ2v) is 7.47. The molecule has 0 bridgehead atoms. The molecule has 0 N–H and O–H groups in total. The molecule has 5 heteroatoms. The predicted octanol–water partition coefficient (Wildman–Crippen LogP) is 2.12. The quantitative estimate of drug-likeness (QED) is 0.810. The van der Waals surface area contributed by atoms with Gasteiger partial charge in [0.1, 0.15) is 0 Å². The largest absolute Gasteiger partial charge is 0.273 e. The Morgan fingerprint density at radius 1 is 1.18 bits per heavy atom. The fourth-order valence-corrected chi connectivity index (χ4v) is 2.52. The first kappa shape index (κ1) is 13.5. The molecule has 0 fully saturated rings. The minimum atomic E-state index is -3.40. The smallest absolute Gasteiger partial charge is 0.239 e. The minimum absolute atomic E-state index is 0.510. The fraction of sp³-hybridized carbons (Fsp3) is 0.417. The molecule has 17 heavy (non-hydrogen) atoms. The molecule has 0 amide bonds. The van der Waals surface area contributed by atoms with Crippen LogP contribution in [-0.4, -0.2) is 20.2 Å². The molecule has 1 rings (SSSR count). The van der Waals surface area contributed by atoms with Gasteiger partial charge in [-0.1, -0.05) is 0 Å². The van der Waals surface area contributed by atoms with E-state index in [0.717, 1.165) is 0 Å². The molecule has 0 saturated heterocycles. The maximum atomic E-state index is 12.2. The van der Waals surface area contributed by atoms with E-state index < -0.39 is 14.8 Å². The van der Waals surface area contributed by atoms with Gasteiger partial charge >= 0.3 is 0 Å². The van der Waals surface area contributed by atoms with Crippen LogP contribution in [0.3, 0.4) is 0 Å². The van der Waals surface area contributed by atoms with Crippen LogP contribution in [0.4, 0.5) is 5.69 Å². The molecule has 1 aromatic carbocycles. The van der Waals surface area contributed by atoms with E-state index in [1.165, 1.54) is 11.4 Å². The van der Waals surface area contributed by atoms with Gasteiger partial charge in [-0.05, 0) is 45.0 Å². The number of nitriles is 1. The van der Waals surface area contributed by atoms with E-state index in [1.807, 2.05) is 6.07 Å². The van der Waals surface area contributed by atoms with Crippen molar-refractivity contribution in [2.24, 2.45) is 0 Å². The lowest BCUT2D eigenvalue weighted by molar-refractivity contribution is 0.558. The topological polar surface area (TPSA) is 61.2 Å². The van der Waals surface area contributed by atoms with Crippen molar-refractivity contribution in [3.63, 3.8) is 0 Å². The first-order valence-corrected chi connectivity index (χ1v) is 6.63. The monoisotopic (exact) mass is 252 g/mol. The summed E-state index contributed by atoms with van der Waals surface area (Å²) in [7, 11) is -1.88. The molecule has 0 saturated carbocycles. The lowest BCUT2D eigenvalue weighted by Crippen LogP contribution is -2.40. The number of hydrogen-bond acceptors (Lipinski definition) is 3. The second-order valence-electron chi connectivity index (χ2n) is 4.74. The highest BCUT2D eigenvalue weighted by molar-refractivity contribution is 7.94. The van der Waals surface area contributed by atoms with Crippen LogP contribution in [0.2, 0.25) is 0 Å². The summed E-state index contributed by atoms with van der Waals surface area (Å²) in [4.78, 5) is 0. The van der Waals surface area contributed by atoms with Gasteiger partial charge in [0.15, 0.2) is 0 Å². The summed E-state index contributed by atoms with van der Waals surface area (Å²) in [6.07, 6.45) is 0. The molecule has 0 spiro atoms. The van der Waals surface area contributed by atoms with Gasteiger partial charge in [0.2, 0.25) is 10.0 Å². The molecule has 0 aliphatic rings. The van der Waals surface area contributed by atoms with Crippen LogP contribution >= 0.6 is 0 Å². The van der Waals surface area contributed by atoms with E-state index in [4.69, 9.17) is 5.26 Å². The summed E-state index contributed by atoms with van der Waals surface area (Å²) < 4.78 is 24.7. The zero-order valence-corrected chi connectivity index (χ0v) is 11.2. The van der Waals surface area contributed by atoms with E-state index in [9.17, 15) is 8.42 Å². The van der Waals surface area contributed by atoms with E-state index in [1.54, 1.807) is 45.0 Å². The van der Waals surface area contributed by atoms with E-state index in [0.29, 0.717) is 11.3 Å². The Kier molecular flexibility index (Phi) is 3.48. The number of benzene rings is 1. The summed E-state index contributed by atoms with van der Waals surface area (Å²) in [6.45, 7) is 4.97. The van der Waals surface area contributed by atoms with Gasteiger partial charge in [0.25, 0.3) is 0 Å². The van der Waals surface area contributed by atoms with Crippen LogP contribution in [-0.2, 0) is 10.0 Å². The third kappa shape index (κ3) is 2.59. The third-order valence-corrected chi connectivity index (χ3v) is 4.97. The number of hydrogen-bond donors (Lipinski definition) is 0. The SMILES string of the molecule is CN(c1ccc(C#N)cc1)S(=O)(=O)C(C)(C)C. The summed E-state index contributed by atoms with van der Waals surface area (Å²) in [5.74, 6) is 0. The van der Waals surface area contributed by atoms with Gasteiger partial charge in [-0.3, -0.25) is 4.31 Å². The normalized spacial score (nSPS) is 11.9. The van der Waals surface area contributed by atoms with Crippen LogP contribution < -0.4 is 4.31 Å². The van der Waals surface area contributed by atoms with Crippen molar-refractivity contribution in [2.45, 2.75) is 25.5 Å². The molecule has 0 unspecified atom stereocenters. The number of rotatable bonds is 2. The van der Waals surface area contributed by atoms with E-state index >= 15 is 0 Å². The Hall–Kier alpha value is -1.54. The molecule has 0 aromatic heterocycles. The number of sulfonamides is 1. The third-order valence-electron chi connectivity index (χ3n) is 2.49. The molecule has 0 heterocycles. The molecule has 0 aliphatic heterocycles. The summed E-state index contributed by atoms with van der Waals surface area (Å²) >= 11 is 0. The van der Waals surface area contributed by atoms with Crippen molar-refractivity contribution in [2.75, 3.05) is 11.4 Å². The zero-order chi connectivity index (χ0) is 13.3. The molecule has 0 radical (unpaired) electrons. The number of anilines is 1. The Morgan fingerprint density at radius 2 is 1.65 bits per heavy atom. The highest BCUT2D eigenvalue weighted by atomic mass is 32.2. The Bertz CT molecular complexity index is 533. The predicted molar refractivity (Wildman–Crippen MR) is 68.2 cm³/mol. The zero-order valence-electron chi connectivity index (χ0n) is 10.4. The van der Waals surface area contributed by atoms with Crippen molar-refractivity contribution in [3.05, 3.63) is 29.8 Å². The fourth-order valence-electron chi connectivity index (χ4n) is 1.30. The summed E-state index contributed by atoms with van der Waals surface area (Å²) in [5, 5.41) is 8.67. The van der Waals surface area contributed by atoms with Crippen LogP contribution in [0.1, 0.15) is 26.3 Å². The van der Waals surface area contributed by atoms with Gasteiger partial charge < -0.3 is 0 Å². The lowest BCUT2D eigenvalue weighted by Gasteiger charge is -2.28. The van der Waals surface area contributed by atoms with Crippen LogP contribution in [0.25, 0.3) is 0 Å². The lowest BCUT2D eigenvalue weighted by atomic mass is 10.2. The van der Waals surface area contributed by atoms with Gasteiger partial charge in [0, 0.05) is 7.05 Å². The molecular weight excluding hydrogens is 236 g/mol. The first-order valence-electron chi connectivity index (χ1n) is 5.19. The minimum Gasteiger partial charge on any atom is -0.273 e. The molecule has 1 aromatic rings. The van der Waals surface area contributed by atoms with Crippen molar-refractivity contribution < 1.29 is 8.42 Å². The molecular formula is C12H16N2O2S. The number of nitrogens with zero attached hydrogens (tertiary/aromatic N) is 2. The molecule has 92 valence electrons. The van der Waals surface area contributed by atoms with Crippen LogP contribution in [0, 0.1) is 11.3 Å². The van der Waals surface area contributed by atoms with Gasteiger partial charge in [-0.15, -0.1) is 0 Å². The first-order chi connectivity index (χ1) is 7.70. The van der Waals surface area contributed by atoms with E-state index in [2.05, 4.69) is 0 Å². The molecule has 0 atom stereocenters. The van der Waals surface area contributed by atoms with E-state index in [-0.39, 0.29) is 0 Å². The maximum Gasteiger partial charge on any atom is 0.239 e. The Morgan fingerprint density at radius 3 is 2.00 bits per heavy atom. The van der Waals surface area contributed by atoms with Crippen molar-refractivity contribution in [3.8, 4) is 6.07 Å². The van der Waals surface area contributed by atoms with Gasteiger partial charge in [0.05, 0.1) is 22.1 Å². The van der Waals surface area contributed by atoms with Crippen molar-refractivity contribution in [1.29, 1.82) is 5.26 Å². The van der Waals surface area contributed by atoms with Crippen molar-refractivity contribution in [1.82, 2.24) is 0 Å². The summed E-state index contributed by atoms with van der Waals surface area (Å²) in [5.41, 5.74) is 1.06. The van der Waals surface area contributed by atoms with Crippen LogP contribution in [0.5, 0.6) is 0 Å². The Balaban J connectivity index is 3.14. The van der Waals surface area contributed by atoms with Crippen molar-refractivity contribution >= 4 is 15.7 Å². The average molecular weight is 252 g/mol. The Labute approximate surface area is 103 Å². The highest BCUT2D eigenvalue weighted by Crippen LogP contribution is 2.24. The summed E-state index contributed by atoms with van der Waals surface area (Å²) in [6, 6.07) is 8.45. The standard InChI is InChI=1S/C12H16N2O2S/c1-12(2,3)17(15,16)14(4)11-7-5-10(9-13)6-8-11/h5-8H,1-4H3. The van der Waals surface area contributed by atoms with Gasteiger partial charge in [-0.2, -0.15) is 5.26 Å². The highest BCUT2D eigenvalue weighted by Gasteiger charge is 2.33. The van der Waals surface area contributed by atoms with Gasteiger partial charge in [-0.25, -0.2) is 8.42 Å². The van der Waals surface area contributed by atoms with Crippen LogP contribution in [0.15, 0.2) is 24.3 Å².